The van der Waals surface area contributed by atoms with Gasteiger partial charge in [-0.1, -0.05) is 50.2 Å². The lowest BCUT2D eigenvalue weighted by molar-refractivity contribution is -0.125. The smallest absolute Gasteiger partial charge is 0.270 e. The SMILES string of the molecule is CCN(CC)S(=O)(=O)c1ccc(Cn2nc(NC(=O)C3COc4ccccc4O3)c3ccccc32)cc1. The number of hydrogen-bond acceptors (Lipinski definition) is 6. The fraction of sp³-hybridized carbons (Fsp3) is 0.259. The Labute approximate surface area is 215 Å². The predicted molar refractivity (Wildman–Crippen MR) is 140 cm³/mol. The lowest BCUT2D eigenvalue weighted by Gasteiger charge is -2.25. The first-order chi connectivity index (χ1) is 17.9. The van der Waals surface area contributed by atoms with Gasteiger partial charge in [0.1, 0.15) is 6.61 Å². The summed E-state index contributed by atoms with van der Waals surface area (Å²) in [4.78, 5) is 13.3. The van der Waals surface area contributed by atoms with Crippen LogP contribution in [0.25, 0.3) is 10.9 Å². The van der Waals surface area contributed by atoms with Gasteiger partial charge in [-0.05, 0) is 42.0 Å². The highest BCUT2D eigenvalue weighted by Gasteiger charge is 2.28. The number of nitrogens with zero attached hydrogens (tertiary/aromatic N) is 3. The summed E-state index contributed by atoms with van der Waals surface area (Å²) in [6.45, 7) is 4.97. The second-order valence-electron chi connectivity index (χ2n) is 8.61. The minimum Gasteiger partial charge on any atom is -0.485 e. The van der Waals surface area contributed by atoms with Gasteiger partial charge in [0.2, 0.25) is 16.1 Å². The van der Waals surface area contributed by atoms with E-state index in [1.807, 2.05) is 50.2 Å². The van der Waals surface area contributed by atoms with E-state index < -0.39 is 16.1 Å². The van der Waals surface area contributed by atoms with E-state index in [1.54, 1.807) is 41.1 Å². The molecule has 1 N–H and O–H groups in total. The Kier molecular flexibility index (Phi) is 6.86. The van der Waals surface area contributed by atoms with Gasteiger partial charge in [-0.3, -0.25) is 9.48 Å². The molecule has 1 aromatic heterocycles. The Balaban J connectivity index is 1.35. The van der Waals surface area contributed by atoms with E-state index in [1.165, 1.54) is 4.31 Å². The lowest BCUT2D eigenvalue weighted by atomic mass is 10.2. The predicted octanol–water partition coefficient (Wildman–Crippen LogP) is 3.89. The molecule has 37 heavy (non-hydrogen) atoms. The number of fused-ring (bicyclic) bond motifs is 2. The molecule has 1 aliphatic rings. The monoisotopic (exact) mass is 520 g/mol. The van der Waals surface area contributed by atoms with Crippen LogP contribution in [-0.2, 0) is 21.4 Å². The van der Waals surface area contributed by atoms with Gasteiger partial charge in [0.25, 0.3) is 5.91 Å². The topological polar surface area (TPSA) is 103 Å². The highest BCUT2D eigenvalue weighted by molar-refractivity contribution is 7.89. The molecule has 1 aliphatic heterocycles. The van der Waals surface area contributed by atoms with Crippen LogP contribution in [0.2, 0.25) is 0 Å². The van der Waals surface area contributed by atoms with Crippen molar-refractivity contribution in [2.75, 3.05) is 25.0 Å². The van der Waals surface area contributed by atoms with Crippen molar-refractivity contribution < 1.29 is 22.7 Å². The first-order valence-electron chi connectivity index (χ1n) is 12.1. The minimum atomic E-state index is -3.52. The Bertz CT molecular complexity index is 1530. The standard InChI is InChI=1S/C27H28N4O5S/c1-3-30(4-2)37(33,34)20-15-13-19(14-16-20)17-31-22-10-6-5-9-21(22)26(29-31)28-27(32)25-18-35-23-11-7-8-12-24(23)36-25/h5-16,25H,3-4,17-18H2,1-2H3,(H,28,29,32). The molecule has 0 spiro atoms. The highest BCUT2D eigenvalue weighted by Crippen LogP contribution is 2.31. The maximum Gasteiger partial charge on any atom is 0.270 e. The number of amides is 1. The van der Waals surface area contributed by atoms with E-state index >= 15 is 0 Å². The summed E-state index contributed by atoms with van der Waals surface area (Å²) in [5.74, 6) is 1.20. The lowest BCUT2D eigenvalue weighted by Crippen LogP contribution is -2.40. The molecular formula is C27H28N4O5S. The van der Waals surface area contributed by atoms with Gasteiger partial charge >= 0.3 is 0 Å². The average Bonchev–Trinajstić information content (AvgIpc) is 3.26. The number of ether oxygens (including phenoxy) is 2. The third-order valence-electron chi connectivity index (χ3n) is 6.30. The molecule has 1 unspecified atom stereocenters. The summed E-state index contributed by atoms with van der Waals surface area (Å²) in [6, 6.07) is 21.6. The van der Waals surface area contributed by atoms with Crippen molar-refractivity contribution in [3.05, 3.63) is 78.4 Å². The molecule has 0 saturated heterocycles. The van der Waals surface area contributed by atoms with E-state index in [0.717, 1.165) is 16.5 Å². The summed E-state index contributed by atoms with van der Waals surface area (Å²) in [6.07, 6.45) is -0.806. The second-order valence-corrected chi connectivity index (χ2v) is 10.5. The fourth-order valence-corrected chi connectivity index (χ4v) is 5.80. The number of nitrogens with one attached hydrogen (secondary N) is 1. The molecular weight excluding hydrogens is 492 g/mol. The van der Waals surface area contributed by atoms with Gasteiger partial charge in [-0.2, -0.15) is 9.40 Å². The number of aromatic nitrogens is 2. The third kappa shape index (κ3) is 4.90. The van der Waals surface area contributed by atoms with Crippen molar-refractivity contribution in [3.8, 4) is 11.5 Å². The average molecular weight is 521 g/mol. The summed E-state index contributed by atoms with van der Waals surface area (Å²) in [5.41, 5.74) is 1.72. The van der Waals surface area contributed by atoms with Crippen molar-refractivity contribution in [2.45, 2.75) is 31.4 Å². The first-order valence-corrected chi connectivity index (χ1v) is 13.6. The van der Waals surface area contributed by atoms with Crippen LogP contribution in [0.4, 0.5) is 5.82 Å². The fourth-order valence-electron chi connectivity index (χ4n) is 4.34. The largest absolute Gasteiger partial charge is 0.485 e. The number of para-hydroxylation sites is 3. The van der Waals surface area contributed by atoms with Gasteiger partial charge in [-0.15, -0.1) is 0 Å². The maximum atomic E-state index is 13.0. The van der Waals surface area contributed by atoms with Crippen LogP contribution in [0.15, 0.2) is 77.7 Å². The Morgan fingerprint density at radius 1 is 1.00 bits per heavy atom. The molecule has 3 aromatic carbocycles. The second kappa shape index (κ2) is 10.2. The third-order valence-corrected chi connectivity index (χ3v) is 8.36. The van der Waals surface area contributed by atoms with E-state index in [9.17, 15) is 13.2 Å². The molecule has 4 aromatic rings. The van der Waals surface area contributed by atoms with Gasteiger partial charge < -0.3 is 14.8 Å². The van der Waals surface area contributed by atoms with Gasteiger partial charge in [0.05, 0.1) is 17.0 Å². The molecule has 9 nitrogen and oxygen atoms in total. The van der Waals surface area contributed by atoms with Crippen LogP contribution < -0.4 is 14.8 Å². The van der Waals surface area contributed by atoms with Crippen LogP contribution in [0.5, 0.6) is 11.5 Å². The van der Waals surface area contributed by atoms with E-state index in [-0.39, 0.29) is 17.4 Å². The number of sulfonamides is 1. The van der Waals surface area contributed by atoms with Crippen LogP contribution >= 0.6 is 0 Å². The van der Waals surface area contributed by atoms with Crippen molar-refractivity contribution in [2.24, 2.45) is 0 Å². The minimum absolute atomic E-state index is 0.101. The van der Waals surface area contributed by atoms with Gasteiger partial charge in [0, 0.05) is 18.5 Å². The number of hydrogen-bond donors (Lipinski definition) is 1. The van der Waals surface area contributed by atoms with Crippen molar-refractivity contribution in [3.63, 3.8) is 0 Å². The molecule has 0 radical (unpaired) electrons. The van der Waals surface area contributed by atoms with Crippen molar-refractivity contribution >= 4 is 32.7 Å². The zero-order valence-electron chi connectivity index (χ0n) is 20.6. The Morgan fingerprint density at radius 2 is 1.68 bits per heavy atom. The number of rotatable bonds is 8. The molecule has 5 rings (SSSR count). The summed E-state index contributed by atoms with van der Waals surface area (Å²) in [7, 11) is -3.52. The van der Waals surface area contributed by atoms with Gasteiger partial charge in [-0.25, -0.2) is 8.42 Å². The Hall–Kier alpha value is -3.89. The van der Waals surface area contributed by atoms with Crippen LogP contribution in [0.3, 0.4) is 0 Å². The summed E-state index contributed by atoms with van der Waals surface area (Å²) in [5, 5.41) is 8.32. The summed E-state index contributed by atoms with van der Waals surface area (Å²) >= 11 is 0. The summed E-state index contributed by atoms with van der Waals surface area (Å²) < 4.78 is 40.3. The maximum absolute atomic E-state index is 13.0. The van der Waals surface area contributed by atoms with Crippen molar-refractivity contribution in [1.29, 1.82) is 0 Å². The molecule has 0 aliphatic carbocycles. The normalized spacial score (nSPS) is 15.2. The van der Waals surface area contributed by atoms with Gasteiger partial charge in [0.15, 0.2) is 17.3 Å². The molecule has 0 saturated carbocycles. The molecule has 0 bridgehead atoms. The number of benzene rings is 3. The molecule has 10 heteroatoms. The van der Waals surface area contributed by atoms with E-state index in [0.29, 0.717) is 37.0 Å². The molecule has 2 heterocycles. The van der Waals surface area contributed by atoms with Crippen LogP contribution in [-0.4, -0.2) is 54.2 Å². The van der Waals surface area contributed by atoms with E-state index in [2.05, 4.69) is 10.4 Å². The number of carbonyl (C=O) groups excluding carboxylic acids is 1. The zero-order chi connectivity index (χ0) is 26.0. The molecule has 1 atom stereocenters. The zero-order valence-corrected chi connectivity index (χ0v) is 21.4. The quantitative estimate of drug-likeness (QED) is 0.378. The molecule has 1 amide bonds. The molecule has 0 fully saturated rings. The number of carbonyl (C=O) groups is 1. The van der Waals surface area contributed by atoms with Crippen molar-refractivity contribution in [1.82, 2.24) is 14.1 Å². The number of anilines is 1. The van der Waals surface area contributed by atoms with Crippen LogP contribution in [0.1, 0.15) is 19.4 Å². The van der Waals surface area contributed by atoms with E-state index in [4.69, 9.17) is 9.47 Å². The Morgan fingerprint density at radius 3 is 2.41 bits per heavy atom. The van der Waals surface area contributed by atoms with Crippen LogP contribution in [0, 0.1) is 0 Å². The highest BCUT2D eigenvalue weighted by atomic mass is 32.2. The first kappa shape index (κ1) is 24.8. The molecule has 192 valence electrons.